The molecule has 0 bridgehead atoms. The highest BCUT2D eigenvalue weighted by molar-refractivity contribution is 5.63. The molecule has 0 unspecified atom stereocenters. The summed E-state index contributed by atoms with van der Waals surface area (Å²) in [7, 11) is 2.97. The standard InChI is InChI=1S/C16H15NO7/c1-22-14-5-3-4-10(15(14)23-2)8-11-9-12(17(20)21)6-7-13(11)24-16(18)19/h3-7,9H,8H2,1-2H3,(H,18,19). The van der Waals surface area contributed by atoms with E-state index < -0.39 is 11.1 Å². The van der Waals surface area contributed by atoms with Crippen molar-refractivity contribution in [3.8, 4) is 17.2 Å². The number of nitrogens with zero attached hydrogens (tertiary/aromatic N) is 1. The van der Waals surface area contributed by atoms with Crippen molar-refractivity contribution in [3.63, 3.8) is 0 Å². The monoisotopic (exact) mass is 333 g/mol. The molecule has 0 amide bonds. The first-order valence-electron chi connectivity index (χ1n) is 6.84. The van der Waals surface area contributed by atoms with Gasteiger partial charge in [0.05, 0.1) is 19.1 Å². The minimum atomic E-state index is -1.50. The molecule has 8 nitrogen and oxygen atoms in total. The van der Waals surface area contributed by atoms with Gasteiger partial charge in [-0.15, -0.1) is 0 Å². The zero-order valence-electron chi connectivity index (χ0n) is 13.0. The second-order valence-electron chi connectivity index (χ2n) is 4.75. The average molecular weight is 333 g/mol. The van der Waals surface area contributed by atoms with E-state index in [1.807, 2.05) is 0 Å². The third-order valence-corrected chi connectivity index (χ3v) is 3.32. The highest BCUT2D eigenvalue weighted by atomic mass is 16.7. The summed E-state index contributed by atoms with van der Waals surface area (Å²) in [5.41, 5.74) is 0.857. The molecule has 126 valence electrons. The zero-order chi connectivity index (χ0) is 17.7. The molecule has 8 heteroatoms. The summed E-state index contributed by atoms with van der Waals surface area (Å²) in [4.78, 5) is 21.2. The van der Waals surface area contributed by atoms with Gasteiger partial charge in [0.2, 0.25) is 0 Å². The van der Waals surface area contributed by atoms with Crippen LogP contribution in [0, 0.1) is 10.1 Å². The van der Waals surface area contributed by atoms with E-state index in [0.29, 0.717) is 22.6 Å². The Morgan fingerprint density at radius 2 is 1.88 bits per heavy atom. The van der Waals surface area contributed by atoms with Crippen LogP contribution in [-0.2, 0) is 6.42 Å². The third kappa shape index (κ3) is 3.72. The number of para-hydroxylation sites is 1. The minimum absolute atomic E-state index is 0.0259. The fourth-order valence-corrected chi connectivity index (χ4v) is 2.31. The molecule has 0 aliphatic heterocycles. The molecular weight excluding hydrogens is 318 g/mol. The summed E-state index contributed by atoms with van der Waals surface area (Å²) in [5, 5.41) is 19.8. The van der Waals surface area contributed by atoms with E-state index >= 15 is 0 Å². The molecule has 2 aromatic rings. The largest absolute Gasteiger partial charge is 0.511 e. The summed E-state index contributed by atoms with van der Waals surface area (Å²) in [5.74, 6) is 0.992. The lowest BCUT2D eigenvalue weighted by Crippen LogP contribution is -2.06. The SMILES string of the molecule is COc1cccc(Cc2cc([N+](=O)[O-])ccc2OC(=O)O)c1OC. The maximum absolute atomic E-state index is 11.0. The highest BCUT2D eigenvalue weighted by Crippen LogP contribution is 2.34. The smallest absolute Gasteiger partial charge is 0.493 e. The first-order chi connectivity index (χ1) is 11.5. The van der Waals surface area contributed by atoms with Crippen molar-refractivity contribution >= 4 is 11.8 Å². The predicted molar refractivity (Wildman–Crippen MR) is 84.1 cm³/mol. The van der Waals surface area contributed by atoms with Crippen molar-refractivity contribution in [2.24, 2.45) is 0 Å². The Labute approximate surface area is 137 Å². The molecule has 0 atom stereocenters. The van der Waals surface area contributed by atoms with E-state index in [1.54, 1.807) is 18.2 Å². The topological polar surface area (TPSA) is 108 Å². The molecule has 0 aliphatic carbocycles. The molecule has 0 heterocycles. The van der Waals surface area contributed by atoms with E-state index in [9.17, 15) is 14.9 Å². The number of non-ortho nitro benzene ring substituents is 1. The zero-order valence-corrected chi connectivity index (χ0v) is 13.0. The van der Waals surface area contributed by atoms with E-state index in [1.165, 1.54) is 32.4 Å². The lowest BCUT2D eigenvalue weighted by molar-refractivity contribution is -0.384. The van der Waals surface area contributed by atoms with Crippen LogP contribution in [0.15, 0.2) is 36.4 Å². The predicted octanol–water partition coefficient (Wildman–Crippen LogP) is 3.26. The number of methoxy groups -OCH3 is 2. The van der Waals surface area contributed by atoms with Gasteiger partial charge in [0.25, 0.3) is 5.69 Å². The van der Waals surface area contributed by atoms with Crippen LogP contribution in [0.25, 0.3) is 0 Å². The lowest BCUT2D eigenvalue weighted by atomic mass is 10.0. The minimum Gasteiger partial charge on any atom is -0.493 e. The number of rotatable bonds is 6. The van der Waals surface area contributed by atoms with E-state index in [-0.39, 0.29) is 17.9 Å². The van der Waals surface area contributed by atoms with Crippen LogP contribution >= 0.6 is 0 Å². The number of hydrogen-bond acceptors (Lipinski definition) is 6. The second kappa shape index (κ2) is 7.32. The molecule has 2 rings (SSSR count). The van der Waals surface area contributed by atoms with Crippen LogP contribution in [0.2, 0.25) is 0 Å². The van der Waals surface area contributed by atoms with Crippen LogP contribution in [0.1, 0.15) is 11.1 Å². The Kier molecular flexibility index (Phi) is 5.20. The van der Waals surface area contributed by atoms with Gasteiger partial charge in [0, 0.05) is 29.7 Å². The fraction of sp³-hybridized carbons (Fsp3) is 0.188. The number of carboxylic acid groups (broad SMARTS) is 1. The maximum atomic E-state index is 11.0. The lowest BCUT2D eigenvalue weighted by Gasteiger charge is -2.14. The van der Waals surface area contributed by atoms with Gasteiger partial charge in [-0.2, -0.15) is 0 Å². The Bertz CT molecular complexity index is 773. The molecule has 0 spiro atoms. The maximum Gasteiger partial charge on any atom is 0.511 e. The van der Waals surface area contributed by atoms with E-state index in [4.69, 9.17) is 19.3 Å². The van der Waals surface area contributed by atoms with Gasteiger partial charge in [0.15, 0.2) is 11.5 Å². The van der Waals surface area contributed by atoms with Crippen molar-refractivity contribution in [1.29, 1.82) is 0 Å². The molecule has 0 aliphatic rings. The second-order valence-corrected chi connectivity index (χ2v) is 4.75. The van der Waals surface area contributed by atoms with Gasteiger partial charge in [0.1, 0.15) is 5.75 Å². The van der Waals surface area contributed by atoms with Crippen molar-refractivity contribution in [2.45, 2.75) is 6.42 Å². The van der Waals surface area contributed by atoms with Gasteiger partial charge < -0.3 is 19.3 Å². The number of benzene rings is 2. The third-order valence-electron chi connectivity index (χ3n) is 3.32. The molecule has 0 fully saturated rings. The van der Waals surface area contributed by atoms with Crippen molar-refractivity contribution in [1.82, 2.24) is 0 Å². The molecule has 0 radical (unpaired) electrons. The van der Waals surface area contributed by atoms with Gasteiger partial charge in [-0.1, -0.05) is 12.1 Å². The molecular formula is C16H15NO7. The number of nitro groups is 1. The normalized spacial score (nSPS) is 10.1. The Morgan fingerprint density at radius 1 is 1.12 bits per heavy atom. The van der Waals surface area contributed by atoms with Gasteiger partial charge in [-0.3, -0.25) is 10.1 Å². The van der Waals surface area contributed by atoms with Gasteiger partial charge in [-0.05, 0) is 12.1 Å². The van der Waals surface area contributed by atoms with Crippen molar-refractivity contribution in [2.75, 3.05) is 14.2 Å². The van der Waals surface area contributed by atoms with Crippen LogP contribution in [0.3, 0.4) is 0 Å². The molecule has 0 saturated heterocycles. The number of hydrogen-bond donors (Lipinski definition) is 1. The molecule has 2 aromatic carbocycles. The fourth-order valence-electron chi connectivity index (χ4n) is 2.31. The summed E-state index contributed by atoms with van der Waals surface area (Å²) in [6.07, 6.45) is -1.33. The highest BCUT2D eigenvalue weighted by Gasteiger charge is 2.17. The number of ether oxygens (including phenoxy) is 3. The Morgan fingerprint density at radius 3 is 2.46 bits per heavy atom. The Hall–Kier alpha value is -3.29. The average Bonchev–Trinajstić information content (AvgIpc) is 2.55. The van der Waals surface area contributed by atoms with Crippen LogP contribution in [0.5, 0.6) is 17.2 Å². The van der Waals surface area contributed by atoms with E-state index in [2.05, 4.69) is 0 Å². The van der Waals surface area contributed by atoms with Crippen molar-refractivity contribution < 1.29 is 29.0 Å². The molecule has 1 N–H and O–H groups in total. The summed E-state index contributed by atoms with van der Waals surface area (Å²) < 4.78 is 15.2. The van der Waals surface area contributed by atoms with Crippen LogP contribution < -0.4 is 14.2 Å². The van der Waals surface area contributed by atoms with Gasteiger partial charge in [-0.25, -0.2) is 4.79 Å². The van der Waals surface area contributed by atoms with Crippen LogP contribution in [0.4, 0.5) is 10.5 Å². The Balaban J connectivity index is 2.49. The first-order valence-corrected chi connectivity index (χ1v) is 6.84. The molecule has 0 aromatic heterocycles. The number of carbonyl (C=O) groups is 1. The van der Waals surface area contributed by atoms with Gasteiger partial charge >= 0.3 is 6.16 Å². The summed E-state index contributed by atoms with van der Waals surface area (Å²) in [6.45, 7) is 0. The quantitative estimate of drug-likeness (QED) is 0.374. The molecule has 0 saturated carbocycles. The first kappa shape index (κ1) is 17.1. The van der Waals surface area contributed by atoms with Crippen LogP contribution in [-0.4, -0.2) is 30.4 Å². The molecule has 24 heavy (non-hydrogen) atoms. The summed E-state index contributed by atoms with van der Waals surface area (Å²) >= 11 is 0. The van der Waals surface area contributed by atoms with E-state index in [0.717, 1.165) is 0 Å². The number of nitro benzene ring substituents is 1. The summed E-state index contributed by atoms with van der Waals surface area (Å²) in [6, 6.07) is 8.93. The van der Waals surface area contributed by atoms with Crippen molar-refractivity contribution in [3.05, 3.63) is 57.6 Å².